The lowest BCUT2D eigenvalue weighted by Crippen LogP contribution is -2.40. The highest BCUT2D eigenvalue weighted by Crippen LogP contribution is 2.27. The van der Waals surface area contributed by atoms with Gasteiger partial charge < -0.3 is 4.57 Å². The number of thiazole rings is 1. The highest BCUT2D eigenvalue weighted by atomic mass is 32.2. The minimum absolute atomic E-state index is 0.216. The summed E-state index contributed by atoms with van der Waals surface area (Å²) >= 11 is 1.45. The van der Waals surface area contributed by atoms with Gasteiger partial charge in [0.1, 0.15) is 6.04 Å². The number of amides is 1. The number of sulfonamides is 1. The number of benzene rings is 2. The van der Waals surface area contributed by atoms with Gasteiger partial charge in [-0.05, 0) is 51.0 Å². The summed E-state index contributed by atoms with van der Waals surface area (Å²) in [4.78, 5) is 18.2. The van der Waals surface area contributed by atoms with Crippen LogP contribution in [-0.2, 0) is 21.4 Å². The minimum atomic E-state index is -3.73. The monoisotopic (exact) mass is 429 g/mol. The second-order valence-electron chi connectivity index (χ2n) is 7.13. The summed E-state index contributed by atoms with van der Waals surface area (Å²) in [6.07, 6.45) is 1.14. The molecule has 1 aliphatic rings. The Morgan fingerprint density at radius 1 is 1.17 bits per heavy atom. The van der Waals surface area contributed by atoms with Gasteiger partial charge in [-0.3, -0.25) is 4.79 Å². The first-order valence-electron chi connectivity index (χ1n) is 9.67. The van der Waals surface area contributed by atoms with Crippen LogP contribution < -0.4 is 4.80 Å². The minimum Gasteiger partial charge on any atom is -0.317 e. The zero-order valence-corrected chi connectivity index (χ0v) is 18.0. The Hall–Kier alpha value is -2.29. The Balaban J connectivity index is 1.70. The third-order valence-corrected chi connectivity index (χ3v) is 8.21. The van der Waals surface area contributed by atoms with E-state index < -0.39 is 22.0 Å². The molecule has 2 heterocycles. The van der Waals surface area contributed by atoms with E-state index in [4.69, 9.17) is 0 Å². The van der Waals surface area contributed by atoms with Crippen molar-refractivity contribution < 1.29 is 13.2 Å². The number of hydrogen-bond acceptors (Lipinski definition) is 4. The summed E-state index contributed by atoms with van der Waals surface area (Å²) in [5.41, 5.74) is 2.02. The van der Waals surface area contributed by atoms with Crippen molar-refractivity contribution in [1.82, 2.24) is 8.87 Å². The van der Waals surface area contributed by atoms with Crippen LogP contribution in [0.4, 0.5) is 0 Å². The second kappa shape index (κ2) is 7.85. The lowest BCUT2D eigenvalue weighted by atomic mass is 10.2. The Morgan fingerprint density at radius 3 is 2.62 bits per heavy atom. The Labute approximate surface area is 174 Å². The number of para-hydroxylation sites is 1. The zero-order valence-electron chi connectivity index (χ0n) is 16.4. The fraction of sp³-hybridized carbons (Fsp3) is 0.333. The first kappa shape index (κ1) is 20.0. The molecule has 4 rings (SSSR count). The normalized spacial score (nSPS) is 18.6. The zero-order chi connectivity index (χ0) is 20.6. The summed E-state index contributed by atoms with van der Waals surface area (Å²) in [7, 11) is -3.73. The average Bonchev–Trinajstić information content (AvgIpc) is 3.33. The Morgan fingerprint density at radius 2 is 1.90 bits per heavy atom. The highest BCUT2D eigenvalue weighted by Gasteiger charge is 2.39. The van der Waals surface area contributed by atoms with E-state index in [1.54, 1.807) is 24.3 Å². The highest BCUT2D eigenvalue weighted by molar-refractivity contribution is 7.89. The topological polar surface area (TPSA) is 71.7 Å². The van der Waals surface area contributed by atoms with Gasteiger partial charge in [0.25, 0.3) is 5.91 Å². The molecule has 8 heteroatoms. The summed E-state index contributed by atoms with van der Waals surface area (Å²) in [6.45, 7) is 4.94. The van der Waals surface area contributed by atoms with Crippen molar-refractivity contribution in [2.24, 2.45) is 4.99 Å². The van der Waals surface area contributed by atoms with Crippen molar-refractivity contribution in [1.29, 1.82) is 0 Å². The van der Waals surface area contributed by atoms with Crippen LogP contribution in [0.25, 0.3) is 10.2 Å². The van der Waals surface area contributed by atoms with E-state index in [0.29, 0.717) is 30.7 Å². The molecule has 1 saturated heterocycles. The van der Waals surface area contributed by atoms with Crippen LogP contribution in [0.3, 0.4) is 0 Å². The third kappa shape index (κ3) is 3.68. The number of carbonyl (C=O) groups excluding carboxylic acids is 1. The maximum atomic E-state index is 13.1. The molecule has 0 bridgehead atoms. The number of rotatable bonds is 4. The predicted octanol–water partition coefficient (Wildman–Crippen LogP) is 3.31. The lowest BCUT2D eigenvalue weighted by molar-refractivity contribution is -0.121. The number of aromatic nitrogens is 1. The quantitative estimate of drug-likeness (QED) is 0.639. The summed E-state index contributed by atoms with van der Waals surface area (Å²) in [5.74, 6) is -0.396. The van der Waals surface area contributed by atoms with E-state index in [0.717, 1.165) is 15.8 Å². The standard InChI is InChI=1S/C21H23N3O3S2/c1-3-23-17-7-4-5-9-19(17)28-21(23)22-20(25)18-8-6-14-24(18)29(26,27)16-12-10-15(2)11-13-16/h4-5,7,9-13,18H,3,6,8,14H2,1-2H3. The van der Waals surface area contributed by atoms with Crippen LogP contribution in [0.1, 0.15) is 25.3 Å². The Kier molecular flexibility index (Phi) is 5.42. The van der Waals surface area contributed by atoms with Crippen LogP contribution >= 0.6 is 11.3 Å². The molecular weight excluding hydrogens is 406 g/mol. The second-order valence-corrected chi connectivity index (χ2v) is 10.0. The SMILES string of the molecule is CCn1c(=NC(=O)C2CCCN2S(=O)(=O)c2ccc(C)cc2)sc2ccccc21. The fourth-order valence-electron chi connectivity index (χ4n) is 3.70. The largest absolute Gasteiger partial charge is 0.317 e. The van der Waals surface area contributed by atoms with Crippen molar-refractivity contribution in [2.45, 2.75) is 44.2 Å². The Bertz CT molecular complexity index is 1220. The molecule has 152 valence electrons. The molecule has 1 aliphatic heterocycles. The summed E-state index contributed by atoms with van der Waals surface area (Å²) in [6, 6.07) is 13.9. The van der Waals surface area contributed by atoms with Gasteiger partial charge in [-0.2, -0.15) is 9.30 Å². The summed E-state index contributed by atoms with van der Waals surface area (Å²) < 4.78 is 30.6. The fourth-order valence-corrected chi connectivity index (χ4v) is 6.45. The van der Waals surface area contributed by atoms with Crippen LogP contribution in [0, 0.1) is 6.92 Å². The predicted molar refractivity (Wildman–Crippen MR) is 114 cm³/mol. The molecule has 29 heavy (non-hydrogen) atoms. The van der Waals surface area contributed by atoms with E-state index in [9.17, 15) is 13.2 Å². The molecular formula is C21H23N3O3S2. The van der Waals surface area contributed by atoms with Crippen LogP contribution in [0.15, 0.2) is 58.4 Å². The maximum absolute atomic E-state index is 13.1. The lowest BCUT2D eigenvalue weighted by Gasteiger charge is -2.21. The van der Waals surface area contributed by atoms with Crippen LogP contribution in [-0.4, -0.2) is 35.8 Å². The number of hydrogen-bond donors (Lipinski definition) is 0. The molecule has 3 aromatic rings. The van der Waals surface area contributed by atoms with Gasteiger partial charge >= 0.3 is 0 Å². The smallest absolute Gasteiger partial charge is 0.266 e. The maximum Gasteiger partial charge on any atom is 0.266 e. The number of carbonyl (C=O) groups is 1. The van der Waals surface area contributed by atoms with Gasteiger partial charge in [-0.15, -0.1) is 0 Å². The molecule has 0 spiro atoms. The van der Waals surface area contributed by atoms with Gasteiger partial charge in [0.15, 0.2) is 4.80 Å². The van der Waals surface area contributed by atoms with E-state index >= 15 is 0 Å². The van der Waals surface area contributed by atoms with E-state index in [1.165, 1.54) is 15.6 Å². The first-order valence-corrected chi connectivity index (χ1v) is 11.9. The molecule has 0 aliphatic carbocycles. The van der Waals surface area contributed by atoms with Gasteiger partial charge in [0.05, 0.1) is 15.1 Å². The average molecular weight is 430 g/mol. The van der Waals surface area contributed by atoms with Crippen molar-refractivity contribution >= 4 is 37.5 Å². The molecule has 2 aromatic carbocycles. The van der Waals surface area contributed by atoms with Crippen molar-refractivity contribution in [3.05, 3.63) is 58.9 Å². The first-order chi connectivity index (χ1) is 13.9. The molecule has 6 nitrogen and oxygen atoms in total. The van der Waals surface area contributed by atoms with Gasteiger partial charge in [0, 0.05) is 13.1 Å². The molecule has 1 atom stereocenters. The number of aryl methyl sites for hydroxylation is 2. The molecule has 1 unspecified atom stereocenters. The molecule has 1 aromatic heterocycles. The molecule has 0 radical (unpaired) electrons. The van der Waals surface area contributed by atoms with Gasteiger partial charge in [-0.25, -0.2) is 8.42 Å². The van der Waals surface area contributed by atoms with Crippen molar-refractivity contribution in [3.8, 4) is 0 Å². The molecule has 1 amide bonds. The van der Waals surface area contributed by atoms with Crippen molar-refractivity contribution in [2.75, 3.05) is 6.54 Å². The molecule has 0 saturated carbocycles. The third-order valence-electron chi connectivity index (χ3n) is 5.23. The molecule has 0 N–H and O–H groups in total. The van der Waals surface area contributed by atoms with Gasteiger partial charge in [0.2, 0.25) is 10.0 Å². The van der Waals surface area contributed by atoms with E-state index in [2.05, 4.69) is 4.99 Å². The van der Waals surface area contributed by atoms with Crippen LogP contribution in [0.2, 0.25) is 0 Å². The number of nitrogens with zero attached hydrogens (tertiary/aromatic N) is 3. The molecule has 1 fully saturated rings. The van der Waals surface area contributed by atoms with E-state index in [1.807, 2.05) is 42.7 Å². The van der Waals surface area contributed by atoms with Gasteiger partial charge in [-0.1, -0.05) is 41.2 Å². The van der Waals surface area contributed by atoms with Crippen LogP contribution in [0.5, 0.6) is 0 Å². The number of fused-ring (bicyclic) bond motifs is 1. The van der Waals surface area contributed by atoms with Crippen molar-refractivity contribution in [3.63, 3.8) is 0 Å². The summed E-state index contributed by atoms with van der Waals surface area (Å²) in [5, 5.41) is 0. The van der Waals surface area contributed by atoms with E-state index in [-0.39, 0.29) is 4.90 Å².